The zero-order valence-electron chi connectivity index (χ0n) is 12.9. The first-order valence-electron chi connectivity index (χ1n) is 7.81. The van der Waals surface area contributed by atoms with Gasteiger partial charge in [-0.3, -0.25) is 4.79 Å². The number of piperidine rings is 1. The molecule has 21 heavy (non-hydrogen) atoms. The van der Waals surface area contributed by atoms with Gasteiger partial charge in [0.2, 0.25) is 0 Å². The third-order valence-corrected chi connectivity index (χ3v) is 3.84. The number of esters is 1. The van der Waals surface area contributed by atoms with Crippen LogP contribution in [0.1, 0.15) is 50.0 Å². The summed E-state index contributed by atoms with van der Waals surface area (Å²) in [7, 11) is 0. The van der Waals surface area contributed by atoms with Crippen molar-refractivity contribution >= 4 is 11.9 Å². The number of carbonyl (C=O) groups is 2. The number of carbonyl (C=O) groups excluding carboxylic acids is 2. The minimum absolute atomic E-state index is 0.0637. The van der Waals surface area contributed by atoms with E-state index >= 15 is 0 Å². The molecule has 5 heteroatoms. The van der Waals surface area contributed by atoms with Crippen molar-refractivity contribution in [1.29, 1.82) is 0 Å². The summed E-state index contributed by atoms with van der Waals surface area (Å²) in [6.45, 7) is 5.66. The van der Waals surface area contributed by atoms with Crippen molar-refractivity contribution in [2.24, 2.45) is 0 Å². The summed E-state index contributed by atoms with van der Waals surface area (Å²) < 4.78 is 7.07. The summed E-state index contributed by atoms with van der Waals surface area (Å²) in [4.78, 5) is 26.5. The maximum Gasteiger partial charge on any atom is 0.328 e. The van der Waals surface area contributed by atoms with Crippen LogP contribution in [0.15, 0.2) is 18.3 Å². The molecule has 1 fully saturated rings. The molecule has 1 aliphatic heterocycles. The highest BCUT2D eigenvalue weighted by Crippen LogP contribution is 2.21. The minimum Gasteiger partial charge on any atom is -0.464 e. The number of amides is 1. The monoisotopic (exact) mass is 292 g/mol. The van der Waals surface area contributed by atoms with Gasteiger partial charge >= 0.3 is 5.97 Å². The Kier molecular flexibility index (Phi) is 5.42. The van der Waals surface area contributed by atoms with Crippen molar-refractivity contribution in [2.75, 3.05) is 13.2 Å². The second-order valence-electron chi connectivity index (χ2n) is 5.35. The third-order valence-electron chi connectivity index (χ3n) is 3.84. The van der Waals surface area contributed by atoms with E-state index in [1.165, 1.54) is 0 Å². The van der Waals surface area contributed by atoms with Crippen LogP contribution in [0.25, 0.3) is 0 Å². The molecule has 1 aliphatic rings. The first-order valence-corrected chi connectivity index (χ1v) is 7.81. The molecule has 1 atom stereocenters. The van der Waals surface area contributed by atoms with Crippen LogP contribution in [0, 0.1) is 0 Å². The van der Waals surface area contributed by atoms with E-state index in [9.17, 15) is 9.59 Å². The van der Waals surface area contributed by atoms with E-state index in [1.807, 2.05) is 22.9 Å². The number of rotatable bonds is 5. The molecule has 2 heterocycles. The molecule has 0 saturated carbocycles. The quantitative estimate of drug-likeness (QED) is 0.783. The van der Waals surface area contributed by atoms with Crippen molar-refractivity contribution in [3.63, 3.8) is 0 Å². The molecule has 0 radical (unpaired) electrons. The maximum atomic E-state index is 12.8. The molecule has 1 aromatic rings. The van der Waals surface area contributed by atoms with E-state index in [0.717, 1.165) is 25.8 Å². The van der Waals surface area contributed by atoms with Crippen molar-refractivity contribution < 1.29 is 14.3 Å². The average molecular weight is 292 g/mol. The number of ether oxygens (including phenoxy) is 1. The van der Waals surface area contributed by atoms with Crippen molar-refractivity contribution in [3.05, 3.63) is 24.0 Å². The molecule has 0 aliphatic carbocycles. The first kappa shape index (κ1) is 15.6. The lowest BCUT2D eigenvalue weighted by molar-refractivity contribution is -0.149. The number of nitrogens with zero attached hydrogens (tertiary/aromatic N) is 2. The lowest BCUT2D eigenvalue weighted by Gasteiger charge is -2.34. The molecule has 0 aromatic carbocycles. The molecule has 5 nitrogen and oxygen atoms in total. The molecule has 1 amide bonds. The highest BCUT2D eigenvalue weighted by molar-refractivity contribution is 5.95. The smallest absolute Gasteiger partial charge is 0.328 e. The van der Waals surface area contributed by atoms with Crippen molar-refractivity contribution in [1.82, 2.24) is 9.47 Å². The standard InChI is InChI=1S/C16H24N2O3/c1-3-10-17-11-7-9-13(17)15(19)18-12-6-5-8-14(18)16(20)21-4-2/h7,9,11,14H,3-6,8,10,12H2,1-2H3. The van der Waals surface area contributed by atoms with Crippen LogP contribution in [0.2, 0.25) is 0 Å². The minimum atomic E-state index is -0.434. The third kappa shape index (κ3) is 3.46. The highest BCUT2D eigenvalue weighted by atomic mass is 16.5. The number of likely N-dealkylation sites (tertiary alicyclic amines) is 1. The Morgan fingerprint density at radius 1 is 1.33 bits per heavy atom. The zero-order chi connectivity index (χ0) is 15.2. The van der Waals surface area contributed by atoms with E-state index in [-0.39, 0.29) is 11.9 Å². The van der Waals surface area contributed by atoms with Crippen LogP contribution < -0.4 is 0 Å². The van der Waals surface area contributed by atoms with Gasteiger partial charge in [0.25, 0.3) is 5.91 Å². The summed E-state index contributed by atoms with van der Waals surface area (Å²) in [6.07, 6.45) is 5.48. The van der Waals surface area contributed by atoms with Gasteiger partial charge in [-0.05, 0) is 44.7 Å². The zero-order valence-corrected chi connectivity index (χ0v) is 12.9. The van der Waals surface area contributed by atoms with Crippen LogP contribution in [-0.4, -0.2) is 40.5 Å². The summed E-state index contributed by atoms with van der Waals surface area (Å²) >= 11 is 0. The molecule has 0 bridgehead atoms. The molecule has 0 spiro atoms. The van der Waals surface area contributed by atoms with E-state index in [2.05, 4.69) is 6.92 Å². The Morgan fingerprint density at radius 2 is 2.14 bits per heavy atom. The Bertz CT molecular complexity index is 495. The molecule has 2 rings (SSSR count). The van der Waals surface area contributed by atoms with Gasteiger partial charge in [0, 0.05) is 19.3 Å². The lowest BCUT2D eigenvalue weighted by Crippen LogP contribution is -2.49. The number of hydrogen-bond donors (Lipinski definition) is 0. The van der Waals surface area contributed by atoms with E-state index < -0.39 is 6.04 Å². The fourth-order valence-electron chi connectivity index (χ4n) is 2.85. The van der Waals surface area contributed by atoms with Crippen LogP contribution in [0.5, 0.6) is 0 Å². The summed E-state index contributed by atoms with van der Waals surface area (Å²) in [6, 6.07) is 3.28. The second-order valence-corrected chi connectivity index (χ2v) is 5.35. The van der Waals surface area contributed by atoms with Crippen LogP contribution >= 0.6 is 0 Å². The van der Waals surface area contributed by atoms with Crippen molar-refractivity contribution in [3.8, 4) is 0 Å². The first-order chi connectivity index (χ1) is 10.2. The topological polar surface area (TPSA) is 51.5 Å². The Balaban J connectivity index is 2.18. The predicted octanol–water partition coefficient (Wildman–Crippen LogP) is 2.46. The lowest BCUT2D eigenvalue weighted by atomic mass is 10.0. The van der Waals surface area contributed by atoms with Gasteiger partial charge in [-0.2, -0.15) is 0 Å². The molecule has 1 saturated heterocycles. The molecule has 1 aromatic heterocycles. The molecule has 1 unspecified atom stereocenters. The summed E-state index contributed by atoms with van der Waals surface area (Å²) in [5.74, 6) is -0.342. The van der Waals surface area contributed by atoms with Gasteiger partial charge < -0.3 is 14.2 Å². The molecule has 116 valence electrons. The second kappa shape index (κ2) is 7.29. The molecule has 0 N–H and O–H groups in total. The Hall–Kier alpha value is -1.78. The van der Waals surface area contributed by atoms with Gasteiger partial charge in [-0.15, -0.1) is 0 Å². The molecular formula is C16H24N2O3. The molecular weight excluding hydrogens is 268 g/mol. The number of hydrogen-bond acceptors (Lipinski definition) is 3. The summed E-state index contributed by atoms with van der Waals surface area (Å²) in [5, 5.41) is 0. The van der Waals surface area contributed by atoms with E-state index in [4.69, 9.17) is 4.74 Å². The number of aryl methyl sites for hydroxylation is 1. The predicted molar refractivity (Wildman–Crippen MR) is 80.0 cm³/mol. The normalized spacial score (nSPS) is 18.6. The highest BCUT2D eigenvalue weighted by Gasteiger charge is 2.34. The fraction of sp³-hybridized carbons (Fsp3) is 0.625. The van der Waals surface area contributed by atoms with Gasteiger partial charge in [-0.25, -0.2) is 4.79 Å². The van der Waals surface area contributed by atoms with E-state index in [1.54, 1.807) is 11.8 Å². The van der Waals surface area contributed by atoms with Crippen LogP contribution in [0.4, 0.5) is 0 Å². The van der Waals surface area contributed by atoms with Crippen LogP contribution in [-0.2, 0) is 16.1 Å². The SMILES string of the molecule is CCCn1cccc1C(=O)N1CCCCC1C(=O)OCC. The Morgan fingerprint density at radius 3 is 2.86 bits per heavy atom. The largest absolute Gasteiger partial charge is 0.464 e. The maximum absolute atomic E-state index is 12.8. The van der Waals surface area contributed by atoms with Gasteiger partial charge in [0.15, 0.2) is 0 Å². The number of aromatic nitrogens is 1. The van der Waals surface area contributed by atoms with E-state index in [0.29, 0.717) is 25.3 Å². The summed E-state index contributed by atoms with van der Waals surface area (Å²) in [5.41, 5.74) is 0.660. The van der Waals surface area contributed by atoms with Gasteiger partial charge in [0.05, 0.1) is 6.61 Å². The fourth-order valence-corrected chi connectivity index (χ4v) is 2.85. The van der Waals surface area contributed by atoms with Gasteiger partial charge in [-0.1, -0.05) is 6.92 Å². The Labute approximate surface area is 125 Å². The average Bonchev–Trinajstić information content (AvgIpc) is 2.95. The van der Waals surface area contributed by atoms with Crippen LogP contribution in [0.3, 0.4) is 0 Å². The van der Waals surface area contributed by atoms with Gasteiger partial charge in [0.1, 0.15) is 11.7 Å². The van der Waals surface area contributed by atoms with Crippen molar-refractivity contribution in [2.45, 2.75) is 52.1 Å².